The first-order chi connectivity index (χ1) is 7.29. The van der Waals surface area contributed by atoms with Crippen LogP contribution in [0.5, 0.6) is 5.75 Å². The summed E-state index contributed by atoms with van der Waals surface area (Å²) in [6.45, 7) is 3.33. The van der Waals surface area contributed by atoms with Crippen molar-refractivity contribution < 1.29 is 4.74 Å². The van der Waals surface area contributed by atoms with Gasteiger partial charge in [-0.3, -0.25) is 0 Å². The summed E-state index contributed by atoms with van der Waals surface area (Å²) >= 11 is 0. The van der Waals surface area contributed by atoms with E-state index in [4.69, 9.17) is 16.2 Å². The van der Waals surface area contributed by atoms with Crippen LogP contribution in [-0.4, -0.2) is 13.2 Å². The molecule has 0 fully saturated rings. The van der Waals surface area contributed by atoms with Gasteiger partial charge < -0.3 is 16.2 Å². The van der Waals surface area contributed by atoms with Crippen LogP contribution >= 0.6 is 12.4 Å². The van der Waals surface area contributed by atoms with E-state index in [1.807, 2.05) is 31.2 Å². The lowest BCUT2D eigenvalue weighted by Crippen LogP contribution is -2.13. The highest BCUT2D eigenvalue weighted by Crippen LogP contribution is 2.25. The van der Waals surface area contributed by atoms with Crippen LogP contribution in [0.15, 0.2) is 24.3 Å². The molecular formula is C12H21ClN2O. The fraction of sp³-hybridized carbons (Fsp3) is 0.500. The second kappa shape index (κ2) is 8.39. The van der Waals surface area contributed by atoms with Crippen LogP contribution in [0.1, 0.15) is 31.4 Å². The van der Waals surface area contributed by atoms with E-state index in [9.17, 15) is 0 Å². The second-order valence-corrected chi connectivity index (χ2v) is 3.51. The van der Waals surface area contributed by atoms with Gasteiger partial charge >= 0.3 is 0 Å². The lowest BCUT2D eigenvalue weighted by molar-refractivity contribution is 0.333. The lowest BCUT2D eigenvalue weighted by Gasteiger charge is -2.15. The quantitative estimate of drug-likeness (QED) is 0.807. The second-order valence-electron chi connectivity index (χ2n) is 3.51. The van der Waals surface area contributed by atoms with Crippen molar-refractivity contribution in [2.75, 3.05) is 13.2 Å². The van der Waals surface area contributed by atoms with Crippen LogP contribution in [0, 0.1) is 0 Å². The first-order valence-corrected chi connectivity index (χ1v) is 5.47. The van der Waals surface area contributed by atoms with Crippen molar-refractivity contribution in [3.63, 3.8) is 0 Å². The SMILES string of the molecule is CCOc1ccccc1[C@H](N)CCCN.Cl. The summed E-state index contributed by atoms with van der Waals surface area (Å²) in [7, 11) is 0. The van der Waals surface area contributed by atoms with Gasteiger partial charge in [0.25, 0.3) is 0 Å². The summed E-state index contributed by atoms with van der Waals surface area (Å²) in [5.74, 6) is 0.893. The number of para-hydroxylation sites is 1. The molecule has 1 aromatic carbocycles. The Morgan fingerprint density at radius 2 is 2.00 bits per heavy atom. The number of ether oxygens (including phenoxy) is 1. The zero-order valence-corrected chi connectivity index (χ0v) is 10.5. The van der Waals surface area contributed by atoms with Crippen molar-refractivity contribution in [1.29, 1.82) is 0 Å². The van der Waals surface area contributed by atoms with Crippen LogP contribution in [0.2, 0.25) is 0 Å². The van der Waals surface area contributed by atoms with Crippen molar-refractivity contribution >= 4 is 12.4 Å². The minimum absolute atomic E-state index is 0. The van der Waals surface area contributed by atoms with Gasteiger partial charge in [-0.25, -0.2) is 0 Å². The molecule has 1 rings (SSSR count). The van der Waals surface area contributed by atoms with Crippen molar-refractivity contribution in [1.82, 2.24) is 0 Å². The average molecular weight is 245 g/mol. The first-order valence-electron chi connectivity index (χ1n) is 5.47. The Hall–Kier alpha value is -0.770. The van der Waals surface area contributed by atoms with Crippen molar-refractivity contribution in [2.24, 2.45) is 11.5 Å². The van der Waals surface area contributed by atoms with Gasteiger partial charge in [0.2, 0.25) is 0 Å². The molecule has 4 N–H and O–H groups in total. The maximum absolute atomic E-state index is 6.08. The maximum atomic E-state index is 6.08. The molecule has 0 aliphatic heterocycles. The molecule has 0 saturated heterocycles. The molecule has 16 heavy (non-hydrogen) atoms. The molecule has 1 aromatic rings. The molecule has 0 aliphatic rings. The van der Waals surface area contributed by atoms with Gasteiger partial charge in [0.05, 0.1) is 6.61 Å². The third-order valence-corrected chi connectivity index (χ3v) is 2.34. The molecule has 0 aromatic heterocycles. The van der Waals surface area contributed by atoms with E-state index in [-0.39, 0.29) is 18.4 Å². The predicted octanol–water partition coefficient (Wildman–Crippen LogP) is 2.25. The highest BCUT2D eigenvalue weighted by molar-refractivity contribution is 5.85. The zero-order valence-electron chi connectivity index (χ0n) is 9.69. The molecule has 3 nitrogen and oxygen atoms in total. The molecule has 1 atom stereocenters. The predicted molar refractivity (Wildman–Crippen MR) is 70.1 cm³/mol. The number of rotatable bonds is 6. The van der Waals surface area contributed by atoms with Crippen molar-refractivity contribution in [2.45, 2.75) is 25.8 Å². The molecule has 0 heterocycles. The summed E-state index contributed by atoms with van der Waals surface area (Å²) in [4.78, 5) is 0. The monoisotopic (exact) mass is 244 g/mol. The van der Waals surface area contributed by atoms with Crippen LogP contribution in [0.25, 0.3) is 0 Å². The van der Waals surface area contributed by atoms with Crippen LogP contribution in [0.4, 0.5) is 0 Å². The molecule has 0 unspecified atom stereocenters. The zero-order chi connectivity index (χ0) is 11.1. The average Bonchev–Trinajstić information content (AvgIpc) is 2.27. The Morgan fingerprint density at radius 1 is 1.31 bits per heavy atom. The Morgan fingerprint density at radius 3 is 2.62 bits per heavy atom. The molecule has 0 amide bonds. The highest BCUT2D eigenvalue weighted by Gasteiger charge is 2.10. The summed E-state index contributed by atoms with van der Waals surface area (Å²) in [5, 5.41) is 0. The normalized spacial score (nSPS) is 11.7. The summed E-state index contributed by atoms with van der Waals surface area (Å²) in [6, 6.07) is 7.95. The van der Waals surface area contributed by atoms with Crippen LogP contribution in [-0.2, 0) is 0 Å². The van der Waals surface area contributed by atoms with Gasteiger partial charge in [-0.15, -0.1) is 12.4 Å². The standard InChI is InChI=1S/C12H20N2O.ClH/c1-2-15-12-8-4-3-6-10(12)11(14)7-5-9-13;/h3-4,6,8,11H,2,5,7,9,13-14H2,1H3;1H/t11-;/m1./s1. The van der Waals surface area contributed by atoms with E-state index in [1.165, 1.54) is 0 Å². The minimum atomic E-state index is 0. The molecule has 0 spiro atoms. The van der Waals surface area contributed by atoms with Gasteiger partial charge in [-0.2, -0.15) is 0 Å². The Bertz CT molecular complexity index is 294. The number of nitrogens with two attached hydrogens (primary N) is 2. The number of hydrogen-bond donors (Lipinski definition) is 2. The van der Waals surface area contributed by atoms with Crippen molar-refractivity contribution in [3.8, 4) is 5.75 Å². The third-order valence-electron chi connectivity index (χ3n) is 2.34. The summed E-state index contributed by atoms with van der Waals surface area (Å²) in [5.41, 5.74) is 12.6. The fourth-order valence-electron chi connectivity index (χ4n) is 1.57. The number of halogens is 1. The number of benzene rings is 1. The minimum Gasteiger partial charge on any atom is -0.494 e. The molecule has 4 heteroatoms. The van der Waals surface area contributed by atoms with Gasteiger partial charge in [0.15, 0.2) is 0 Å². The van der Waals surface area contributed by atoms with E-state index < -0.39 is 0 Å². The Kier molecular flexibility index (Phi) is 7.99. The smallest absolute Gasteiger partial charge is 0.124 e. The van der Waals surface area contributed by atoms with E-state index in [0.717, 1.165) is 24.2 Å². The van der Waals surface area contributed by atoms with Crippen LogP contribution in [0.3, 0.4) is 0 Å². The van der Waals surface area contributed by atoms with E-state index in [2.05, 4.69) is 0 Å². The summed E-state index contributed by atoms with van der Waals surface area (Å²) < 4.78 is 5.53. The van der Waals surface area contributed by atoms with E-state index >= 15 is 0 Å². The largest absolute Gasteiger partial charge is 0.494 e. The van der Waals surface area contributed by atoms with Gasteiger partial charge in [0.1, 0.15) is 5.75 Å². The topological polar surface area (TPSA) is 61.3 Å². The summed E-state index contributed by atoms with van der Waals surface area (Å²) in [6.07, 6.45) is 1.85. The Labute approximate surface area is 104 Å². The van der Waals surface area contributed by atoms with E-state index in [0.29, 0.717) is 13.2 Å². The van der Waals surface area contributed by atoms with Gasteiger partial charge in [-0.1, -0.05) is 18.2 Å². The molecule has 0 aliphatic carbocycles. The molecular weight excluding hydrogens is 224 g/mol. The third kappa shape index (κ3) is 4.39. The molecule has 0 saturated carbocycles. The van der Waals surface area contributed by atoms with Gasteiger partial charge in [0, 0.05) is 11.6 Å². The first kappa shape index (κ1) is 15.2. The maximum Gasteiger partial charge on any atom is 0.124 e. The fourth-order valence-corrected chi connectivity index (χ4v) is 1.57. The molecule has 0 radical (unpaired) electrons. The highest BCUT2D eigenvalue weighted by atomic mass is 35.5. The van der Waals surface area contributed by atoms with Crippen molar-refractivity contribution in [3.05, 3.63) is 29.8 Å². The molecule has 0 bridgehead atoms. The van der Waals surface area contributed by atoms with Gasteiger partial charge in [-0.05, 0) is 32.4 Å². The van der Waals surface area contributed by atoms with Crippen LogP contribution < -0.4 is 16.2 Å². The lowest BCUT2D eigenvalue weighted by atomic mass is 10.0. The Balaban J connectivity index is 0.00000225. The number of hydrogen-bond acceptors (Lipinski definition) is 3. The van der Waals surface area contributed by atoms with E-state index in [1.54, 1.807) is 0 Å². The molecule has 92 valence electrons.